The molecule has 1 aliphatic heterocycles. The number of halogens is 2. The molecule has 1 aromatic carbocycles. The number of likely N-dealkylation sites (N-methyl/N-ethyl adjacent to an activating group) is 1. The second-order valence-corrected chi connectivity index (χ2v) is 6.15. The van der Waals surface area contributed by atoms with Crippen LogP contribution in [0.3, 0.4) is 0 Å². The fraction of sp³-hybridized carbons (Fsp3) is 0.533. The second kappa shape index (κ2) is 6.79. The first-order valence-corrected chi connectivity index (χ1v) is 7.71. The maximum Gasteiger partial charge on any atom is 0.222 e. The maximum atomic E-state index is 11.5. The van der Waals surface area contributed by atoms with Gasteiger partial charge in [-0.15, -0.1) is 0 Å². The van der Waals surface area contributed by atoms with Crippen LogP contribution >= 0.6 is 23.2 Å². The van der Waals surface area contributed by atoms with E-state index in [-0.39, 0.29) is 11.9 Å². The molecule has 0 saturated carbocycles. The first kappa shape index (κ1) is 15.6. The zero-order valence-electron chi connectivity index (χ0n) is 11.8. The lowest BCUT2D eigenvalue weighted by Crippen LogP contribution is -2.47. The van der Waals surface area contributed by atoms with Crippen LogP contribution < -0.4 is 5.32 Å². The summed E-state index contributed by atoms with van der Waals surface area (Å²) in [4.78, 5) is 13.3. The van der Waals surface area contributed by atoms with Gasteiger partial charge in [-0.3, -0.25) is 4.79 Å². The molecule has 5 heteroatoms. The summed E-state index contributed by atoms with van der Waals surface area (Å²) < 4.78 is 0. The summed E-state index contributed by atoms with van der Waals surface area (Å²) in [6.07, 6.45) is 2.43. The third-order valence-corrected chi connectivity index (χ3v) is 4.37. The highest BCUT2D eigenvalue weighted by Crippen LogP contribution is 2.29. The maximum absolute atomic E-state index is 11.5. The van der Waals surface area contributed by atoms with Gasteiger partial charge in [0.05, 0.1) is 0 Å². The molecule has 2 atom stereocenters. The summed E-state index contributed by atoms with van der Waals surface area (Å²) in [5.74, 6) is 0.223. The van der Waals surface area contributed by atoms with Crippen molar-refractivity contribution < 1.29 is 4.79 Å². The van der Waals surface area contributed by atoms with Gasteiger partial charge in [0, 0.05) is 42.1 Å². The van der Waals surface area contributed by atoms with Crippen LogP contribution in [0.4, 0.5) is 0 Å². The van der Waals surface area contributed by atoms with Gasteiger partial charge in [-0.2, -0.15) is 0 Å². The molecule has 1 amide bonds. The zero-order chi connectivity index (χ0) is 14.7. The summed E-state index contributed by atoms with van der Waals surface area (Å²) in [7, 11) is 1.85. The number of carbonyl (C=O) groups excluding carboxylic acids is 1. The van der Waals surface area contributed by atoms with Crippen molar-refractivity contribution >= 4 is 29.1 Å². The highest BCUT2D eigenvalue weighted by molar-refractivity contribution is 6.35. The van der Waals surface area contributed by atoms with Gasteiger partial charge < -0.3 is 10.2 Å². The van der Waals surface area contributed by atoms with Gasteiger partial charge in [-0.1, -0.05) is 36.2 Å². The fourth-order valence-electron chi connectivity index (χ4n) is 2.64. The van der Waals surface area contributed by atoms with Crippen molar-refractivity contribution in [2.75, 3.05) is 13.6 Å². The first-order chi connectivity index (χ1) is 9.51. The van der Waals surface area contributed by atoms with Crippen molar-refractivity contribution in [3.05, 3.63) is 33.8 Å². The number of hydrogen-bond donors (Lipinski definition) is 1. The highest BCUT2D eigenvalue weighted by atomic mass is 35.5. The van der Waals surface area contributed by atoms with E-state index in [1.54, 1.807) is 11.0 Å². The molecule has 1 heterocycles. The quantitative estimate of drug-likeness (QED) is 0.920. The van der Waals surface area contributed by atoms with Gasteiger partial charge in [0.1, 0.15) is 0 Å². The summed E-state index contributed by atoms with van der Waals surface area (Å²) in [5.41, 5.74) is 1.07. The van der Waals surface area contributed by atoms with Crippen molar-refractivity contribution in [3.63, 3.8) is 0 Å². The minimum absolute atomic E-state index is 0.186. The number of carbonyl (C=O) groups is 1. The predicted molar refractivity (Wildman–Crippen MR) is 83.3 cm³/mol. The number of likely N-dealkylation sites (tertiary alicyclic amines) is 1. The van der Waals surface area contributed by atoms with Gasteiger partial charge in [0.2, 0.25) is 5.91 Å². The van der Waals surface area contributed by atoms with Gasteiger partial charge in [0.25, 0.3) is 0 Å². The lowest BCUT2D eigenvalue weighted by molar-refractivity contribution is -0.132. The lowest BCUT2D eigenvalue weighted by atomic mass is 10.00. The number of amides is 1. The SMILES string of the molecule is CCC(NC1CCC(=O)N(C)C1)c1ccc(Cl)cc1Cl. The Bertz CT molecular complexity index is 493. The fourth-order valence-corrected chi connectivity index (χ4v) is 3.18. The standard InChI is InChI=1S/C15H20Cl2N2O/c1-3-14(12-6-4-10(16)8-13(12)17)18-11-5-7-15(20)19(2)9-11/h4,6,8,11,14,18H,3,5,7,9H2,1-2H3. The molecular weight excluding hydrogens is 295 g/mol. The van der Waals surface area contributed by atoms with E-state index in [0.29, 0.717) is 22.5 Å². The highest BCUT2D eigenvalue weighted by Gasteiger charge is 2.25. The first-order valence-electron chi connectivity index (χ1n) is 6.96. The molecule has 2 rings (SSSR count). The average molecular weight is 315 g/mol. The molecule has 1 saturated heterocycles. The topological polar surface area (TPSA) is 32.3 Å². The molecule has 1 aromatic rings. The van der Waals surface area contributed by atoms with Crippen LogP contribution in [0.15, 0.2) is 18.2 Å². The van der Waals surface area contributed by atoms with E-state index in [1.807, 2.05) is 19.2 Å². The largest absolute Gasteiger partial charge is 0.344 e. The number of benzene rings is 1. The Morgan fingerprint density at radius 2 is 2.20 bits per heavy atom. The molecule has 20 heavy (non-hydrogen) atoms. The van der Waals surface area contributed by atoms with Gasteiger partial charge in [0.15, 0.2) is 0 Å². The van der Waals surface area contributed by atoms with Crippen molar-refractivity contribution in [3.8, 4) is 0 Å². The molecule has 0 spiro atoms. The van der Waals surface area contributed by atoms with Crippen LogP contribution in [0, 0.1) is 0 Å². The third-order valence-electron chi connectivity index (χ3n) is 3.81. The summed E-state index contributed by atoms with van der Waals surface area (Å²) in [5, 5.41) is 4.95. The van der Waals surface area contributed by atoms with Gasteiger partial charge in [-0.05, 0) is 30.5 Å². The second-order valence-electron chi connectivity index (χ2n) is 5.30. The van der Waals surface area contributed by atoms with E-state index in [2.05, 4.69) is 12.2 Å². The van der Waals surface area contributed by atoms with Crippen LogP contribution in [0.25, 0.3) is 0 Å². The molecule has 1 fully saturated rings. The van der Waals surface area contributed by atoms with Crippen LogP contribution in [-0.2, 0) is 4.79 Å². The smallest absolute Gasteiger partial charge is 0.222 e. The van der Waals surface area contributed by atoms with Gasteiger partial charge in [-0.25, -0.2) is 0 Å². The number of nitrogens with one attached hydrogen (secondary N) is 1. The lowest BCUT2D eigenvalue weighted by Gasteiger charge is -2.33. The molecule has 1 aliphatic rings. The zero-order valence-corrected chi connectivity index (χ0v) is 13.3. The number of rotatable bonds is 4. The molecular formula is C15H20Cl2N2O. The predicted octanol–water partition coefficient (Wildman–Crippen LogP) is 3.65. The van der Waals surface area contributed by atoms with Crippen molar-refractivity contribution in [2.24, 2.45) is 0 Å². The molecule has 110 valence electrons. The Morgan fingerprint density at radius 1 is 1.45 bits per heavy atom. The van der Waals surface area contributed by atoms with Gasteiger partial charge >= 0.3 is 0 Å². The normalized spacial score (nSPS) is 21.1. The molecule has 0 aliphatic carbocycles. The van der Waals surface area contributed by atoms with E-state index >= 15 is 0 Å². The molecule has 0 aromatic heterocycles. The molecule has 2 unspecified atom stereocenters. The van der Waals surface area contributed by atoms with Crippen LogP contribution in [-0.4, -0.2) is 30.4 Å². The molecule has 0 bridgehead atoms. The minimum atomic E-state index is 0.186. The van der Waals surface area contributed by atoms with Crippen LogP contribution in [0.5, 0.6) is 0 Å². The Labute approximate surface area is 130 Å². The summed E-state index contributed by atoms with van der Waals surface area (Å²) >= 11 is 12.2. The Morgan fingerprint density at radius 3 is 2.80 bits per heavy atom. The third kappa shape index (κ3) is 3.66. The van der Waals surface area contributed by atoms with E-state index in [0.717, 1.165) is 24.9 Å². The minimum Gasteiger partial charge on any atom is -0.344 e. The average Bonchev–Trinajstić information content (AvgIpc) is 2.41. The Balaban J connectivity index is 2.07. The summed E-state index contributed by atoms with van der Waals surface area (Å²) in [6, 6.07) is 6.12. The van der Waals surface area contributed by atoms with E-state index in [1.165, 1.54) is 0 Å². The molecule has 0 radical (unpaired) electrons. The van der Waals surface area contributed by atoms with E-state index < -0.39 is 0 Å². The van der Waals surface area contributed by atoms with Crippen LogP contribution in [0.1, 0.15) is 37.8 Å². The molecule has 1 N–H and O–H groups in total. The molecule has 3 nitrogen and oxygen atoms in total. The van der Waals surface area contributed by atoms with Crippen molar-refractivity contribution in [1.29, 1.82) is 0 Å². The Kier molecular flexibility index (Phi) is 5.30. The van der Waals surface area contributed by atoms with Crippen molar-refractivity contribution in [1.82, 2.24) is 10.2 Å². The number of nitrogens with zero attached hydrogens (tertiary/aromatic N) is 1. The Hall–Kier alpha value is -0.770. The number of piperidine rings is 1. The van der Waals surface area contributed by atoms with E-state index in [9.17, 15) is 4.79 Å². The number of hydrogen-bond acceptors (Lipinski definition) is 2. The van der Waals surface area contributed by atoms with Crippen LogP contribution in [0.2, 0.25) is 10.0 Å². The monoisotopic (exact) mass is 314 g/mol. The van der Waals surface area contributed by atoms with Crippen molar-refractivity contribution in [2.45, 2.75) is 38.3 Å². The summed E-state index contributed by atoms with van der Waals surface area (Å²) in [6.45, 7) is 2.88. The van der Waals surface area contributed by atoms with E-state index in [4.69, 9.17) is 23.2 Å².